The molecule has 0 saturated heterocycles. The van der Waals surface area contributed by atoms with Crippen molar-refractivity contribution in [1.29, 1.82) is 0 Å². The van der Waals surface area contributed by atoms with Crippen LogP contribution in [0.4, 0.5) is 11.5 Å². The van der Waals surface area contributed by atoms with Gasteiger partial charge in [0.1, 0.15) is 5.82 Å². The first-order valence-electron chi connectivity index (χ1n) is 4.80. The van der Waals surface area contributed by atoms with Crippen molar-refractivity contribution in [3.63, 3.8) is 0 Å². The summed E-state index contributed by atoms with van der Waals surface area (Å²) in [7, 11) is 1.91. The second-order valence-electron chi connectivity index (χ2n) is 3.56. The molecule has 2 rings (SSSR count). The smallest absolute Gasteiger partial charge is 0.147 e. The summed E-state index contributed by atoms with van der Waals surface area (Å²) < 4.78 is 5.00. The van der Waals surface area contributed by atoms with Gasteiger partial charge in [-0.25, -0.2) is 4.98 Å². The highest BCUT2D eigenvalue weighted by Gasteiger charge is 2.09. The van der Waals surface area contributed by atoms with Gasteiger partial charge < -0.3 is 15.1 Å². The maximum Gasteiger partial charge on any atom is 0.147 e. The van der Waals surface area contributed by atoms with E-state index >= 15 is 0 Å². The molecule has 2 heterocycles. The van der Waals surface area contributed by atoms with Gasteiger partial charge in [-0.05, 0) is 12.1 Å². The van der Waals surface area contributed by atoms with Crippen molar-refractivity contribution in [2.75, 3.05) is 17.7 Å². The minimum absolute atomic E-state index is 0.547. The zero-order chi connectivity index (χ0) is 11.5. The molecule has 4 nitrogen and oxygen atoms in total. The Labute approximate surface area is 98.6 Å². The van der Waals surface area contributed by atoms with Crippen LogP contribution in [0.2, 0.25) is 5.02 Å². The van der Waals surface area contributed by atoms with E-state index in [2.05, 4.69) is 4.98 Å². The first kappa shape index (κ1) is 10.8. The molecule has 2 N–H and O–H groups in total. The van der Waals surface area contributed by atoms with Crippen molar-refractivity contribution < 1.29 is 4.42 Å². The SMILES string of the molecule is CN(Cc1ccoc1)c1ncc(N)cc1Cl. The van der Waals surface area contributed by atoms with E-state index in [1.54, 1.807) is 24.8 Å². The summed E-state index contributed by atoms with van der Waals surface area (Å²) >= 11 is 6.06. The van der Waals surface area contributed by atoms with Crippen molar-refractivity contribution >= 4 is 23.1 Å². The molecule has 2 aromatic heterocycles. The molecular weight excluding hydrogens is 226 g/mol. The van der Waals surface area contributed by atoms with E-state index in [1.807, 2.05) is 18.0 Å². The van der Waals surface area contributed by atoms with Crippen LogP contribution >= 0.6 is 11.6 Å². The van der Waals surface area contributed by atoms with Crippen LogP contribution < -0.4 is 10.6 Å². The lowest BCUT2D eigenvalue weighted by Gasteiger charge is -2.18. The van der Waals surface area contributed by atoms with E-state index < -0.39 is 0 Å². The van der Waals surface area contributed by atoms with E-state index in [0.29, 0.717) is 23.1 Å². The highest BCUT2D eigenvalue weighted by Crippen LogP contribution is 2.25. The summed E-state index contributed by atoms with van der Waals surface area (Å²) in [5, 5.41) is 0.547. The van der Waals surface area contributed by atoms with Gasteiger partial charge in [0.15, 0.2) is 0 Å². The Hall–Kier alpha value is -1.68. The summed E-state index contributed by atoms with van der Waals surface area (Å²) in [6.45, 7) is 0.688. The normalized spacial score (nSPS) is 10.4. The second-order valence-corrected chi connectivity index (χ2v) is 3.97. The average molecular weight is 238 g/mol. The third kappa shape index (κ3) is 2.28. The summed E-state index contributed by atoms with van der Waals surface area (Å²) in [4.78, 5) is 6.13. The summed E-state index contributed by atoms with van der Waals surface area (Å²) in [5.74, 6) is 0.706. The van der Waals surface area contributed by atoms with E-state index in [1.165, 1.54) is 0 Å². The molecule has 0 saturated carbocycles. The number of rotatable bonds is 3. The zero-order valence-corrected chi connectivity index (χ0v) is 9.61. The van der Waals surface area contributed by atoms with Crippen molar-refractivity contribution in [2.24, 2.45) is 0 Å². The fraction of sp³-hybridized carbons (Fsp3) is 0.182. The molecule has 16 heavy (non-hydrogen) atoms. The van der Waals surface area contributed by atoms with Crippen LogP contribution in [-0.4, -0.2) is 12.0 Å². The molecule has 0 bridgehead atoms. The Morgan fingerprint density at radius 2 is 2.38 bits per heavy atom. The van der Waals surface area contributed by atoms with Gasteiger partial charge in [-0.1, -0.05) is 11.6 Å². The lowest BCUT2D eigenvalue weighted by Crippen LogP contribution is -2.17. The Morgan fingerprint density at radius 1 is 1.56 bits per heavy atom. The molecule has 0 aliphatic carbocycles. The number of hydrogen-bond donors (Lipinski definition) is 1. The van der Waals surface area contributed by atoms with Crippen LogP contribution in [0, 0.1) is 0 Å². The molecule has 0 radical (unpaired) electrons. The number of furan rings is 1. The monoisotopic (exact) mass is 237 g/mol. The van der Waals surface area contributed by atoms with Crippen molar-refractivity contribution in [2.45, 2.75) is 6.54 Å². The van der Waals surface area contributed by atoms with E-state index in [-0.39, 0.29) is 0 Å². The number of nitrogens with zero attached hydrogens (tertiary/aromatic N) is 2. The van der Waals surface area contributed by atoms with Crippen LogP contribution in [0.1, 0.15) is 5.56 Å². The standard InChI is InChI=1S/C11H12ClN3O/c1-15(6-8-2-3-16-7-8)11-10(12)4-9(13)5-14-11/h2-5,7H,6,13H2,1H3. The van der Waals surface area contributed by atoms with E-state index in [4.69, 9.17) is 21.8 Å². The van der Waals surface area contributed by atoms with Crippen molar-refractivity contribution in [3.05, 3.63) is 41.4 Å². The molecule has 0 fully saturated rings. The van der Waals surface area contributed by atoms with Gasteiger partial charge in [0.05, 0.1) is 29.4 Å². The van der Waals surface area contributed by atoms with Crippen LogP contribution in [-0.2, 0) is 6.54 Å². The lowest BCUT2D eigenvalue weighted by atomic mass is 10.3. The molecule has 0 aliphatic heterocycles. The average Bonchev–Trinajstić information content (AvgIpc) is 2.70. The Bertz CT molecular complexity index is 470. The van der Waals surface area contributed by atoms with Gasteiger partial charge in [0.25, 0.3) is 0 Å². The number of nitrogen functional groups attached to an aromatic ring is 1. The van der Waals surface area contributed by atoms with Gasteiger partial charge in [0.2, 0.25) is 0 Å². The molecule has 5 heteroatoms. The first-order valence-corrected chi connectivity index (χ1v) is 5.18. The largest absolute Gasteiger partial charge is 0.472 e. The van der Waals surface area contributed by atoms with Crippen LogP contribution in [0.15, 0.2) is 35.3 Å². The van der Waals surface area contributed by atoms with E-state index in [0.717, 1.165) is 5.56 Å². The Kier molecular flexibility index (Phi) is 3.01. The van der Waals surface area contributed by atoms with Crippen LogP contribution in [0.25, 0.3) is 0 Å². The number of pyridine rings is 1. The van der Waals surface area contributed by atoms with Gasteiger partial charge in [0, 0.05) is 19.2 Å². The highest BCUT2D eigenvalue weighted by molar-refractivity contribution is 6.33. The summed E-state index contributed by atoms with van der Waals surface area (Å²) in [5.41, 5.74) is 7.21. The Morgan fingerprint density at radius 3 is 3.00 bits per heavy atom. The molecule has 0 aromatic carbocycles. The number of hydrogen-bond acceptors (Lipinski definition) is 4. The predicted molar refractivity (Wildman–Crippen MR) is 64.5 cm³/mol. The Balaban J connectivity index is 2.17. The topological polar surface area (TPSA) is 55.3 Å². The third-order valence-corrected chi connectivity index (χ3v) is 2.48. The maximum absolute atomic E-state index is 6.06. The maximum atomic E-state index is 6.06. The molecular formula is C11H12ClN3O. The van der Waals surface area contributed by atoms with Gasteiger partial charge in [-0.2, -0.15) is 0 Å². The second kappa shape index (κ2) is 4.45. The van der Waals surface area contributed by atoms with Crippen molar-refractivity contribution in [1.82, 2.24) is 4.98 Å². The van der Waals surface area contributed by atoms with Gasteiger partial charge in [-0.15, -0.1) is 0 Å². The molecule has 0 aliphatic rings. The molecule has 0 spiro atoms. The molecule has 0 atom stereocenters. The number of anilines is 2. The molecule has 0 amide bonds. The summed E-state index contributed by atoms with van der Waals surface area (Å²) in [6.07, 6.45) is 4.93. The number of aromatic nitrogens is 1. The number of halogens is 1. The zero-order valence-electron chi connectivity index (χ0n) is 8.85. The molecule has 84 valence electrons. The van der Waals surface area contributed by atoms with Crippen LogP contribution in [0.3, 0.4) is 0 Å². The molecule has 2 aromatic rings. The van der Waals surface area contributed by atoms with Crippen molar-refractivity contribution in [3.8, 4) is 0 Å². The number of nitrogens with two attached hydrogens (primary N) is 1. The fourth-order valence-electron chi connectivity index (χ4n) is 1.46. The summed E-state index contributed by atoms with van der Waals surface area (Å²) in [6, 6.07) is 3.59. The lowest BCUT2D eigenvalue weighted by molar-refractivity contribution is 0.563. The van der Waals surface area contributed by atoms with E-state index in [9.17, 15) is 0 Å². The third-order valence-electron chi connectivity index (χ3n) is 2.20. The highest BCUT2D eigenvalue weighted by atomic mass is 35.5. The minimum Gasteiger partial charge on any atom is -0.472 e. The van der Waals surface area contributed by atoms with Gasteiger partial charge in [-0.3, -0.25) is 0 Å². The minimum atomic E-state index is 0.547. The predicted octanol–water partition coefficient (Wildman–Crippen LogP) is 2.55. The van der Waals surface area contributed by atoms with Gasteiger partial charge >= 0.3 is 0 Å². The quantitative estimate of drug-likeness (QED) is 0.891. The van der Waals surface area contributed by atoms with Crippen LogP contribution in [0.5, 0.6) is 0 Å². The first-order chi connectivity index (χ1) is 7.66. The fourth-order valence-corrected chi connectivity index (χ4v) is 1.78. The molecule has 0 unspecified atom stereocenters.